The fraction of sp³-hybridized carbons (Fsp3) is 0.529. The number of esters is 1. The number of rotatable bonds is 7. The van der Waals surface area contributed by atoms with Gasteiger partial charge in [-0.15, -0.1) is 0 Å². The number of nitrogens with one attached hydrogen (secondary N) is 1. The fourth-order valence-electron chi connectivity index (χ4n) is 1.82. The van der Waals surface area contributed by atoms with Crippen molar-refractivity contribution in [3.63, 3.8) is 0 Å². The topological polar surface area (TPSA) is 92.3 Å². The number of alkyl carbamates (subject to hydrolysis) is 1. The predicted octanol–water partition coefficient (Wildman–Crippen LogP) is 1.65. The maximum Gasteiger partial charge on any atom is 0.407 e. The number of benzene rings is 1. The number of carbonyl (C=O) groups is 2. The molecular weight excluding hydrogens is 296 g/mol. The minimum Gasteiger partial charge on any atom is -0.456 e. The van der Waals surface area contributed by atoms with Crippen LogP contribution in [0.2, 0.25) is 0 Å². The summed E-state index contributed by atoms with van der Waals surface area (Å²) in [6.07, 6.45) is 0.716. The second-order valence-corrected chi connectivity index (χ2v) is 6.36. The normalized spacial score (nSPS) is 12.3. The Labute approximate surface area is 137 Å². The molecule has 0 saturated carbocycles. The highest BCUT2D eigenvalue weighted by molar-refractivity contribution is 5.74. The van der Waals surface area contributed by atoms with Crippen LogP contribution in [0.25, 0.3) is 0 Å². The summed E-state index contributed by atoms with van der Waals surface area (Å²) in [6, 6.07) is 9.03. The minimum atomic E-state index is -0.507. The van der Waals surface area contributed by atoms with Crippen molar-refractivity contribution in [1.82, 2.24) is 5.32 Å². The Morgan fingerprint density at radius 1 is 1.22 bits per heavy atom. The zero-order chi connectivity index (χ0) is 17.3. The Morgan fingerprint density at radius 2 is 1.87 bits per heavy atom. The first kappa shape index (κ1) is 19.0. The molecule has 0 aliphatic heterocycles. The Balaban J connectivity index is 2.14. The molecule has 1 aromatic rings. The van der Waals surface area contributed by atoms with Gasteiger partial charge in [0.1, 0.15) is 12.2 Å². The van der Waals surface area contributed by atoms with E-state index >= 15 is 0 Å². The van der Waals surface area contributed by atoms with Crippen LogP contribution in [0.5, 0.6) is 0 Å². The highest BCUT2D eigenvalue weighted by atomic mass is 16.6. The van der Waals surface area contributed by atoms with E-state index < -0.39 is 17.7 Å². The van der Waals surface area contributed by atoms with Crippen molar-refractivity contribution in [2.24, 2.45) is 0 Å². The van der Waals surface area contributed by atoms with Crippen molar-refractivity contribution >= 4 is 12.1 Å². The molecule has 0 unspecified atom stereocenters. The fourth-order valence-corrected chi connectivity index (χ4v) is 1.82. The van der Waals surface area contributed by atoms with E-state index in [4.69, 9.17) is 9.47 Å². The van der Waals surface area contributed by atoms with Crippen LogP contribution in [0.4, 0.5) is 4.79 Å². The zero-order valence-electron chi connectivity index (χ0n) is 14.1. The standard InChI is InChI=1S/C17H26N2O4/c1-17(2,3)23-15(20)14(18)10-7-11-19-16(21)22-12-13-8-5-4-6-9-13/h4-6,8-9,14H,7,10-12,18H2,1-3H3,(H,19,21)/p+1/t14-/m0/s1. The number of ether oxygens (including phenoxy) is 2. The lowest BCUT2D eigenvalue weighted by atomic mass is 10.1. The molecule has 0 spiro atoms. The molecule has 4 N–H and O–H groups in total. The average molecular weight is 323 g/mol. The second-order valence-electron chi connectivity index (χ2n) is 6.36. The Bertz CT molecular complexity index is 497. The van der Waals surface area contributed by atoms with E-state index in [0.717, 1.165) is 5.56 Å². The summed E-state index contributed by atoms with van der Waals surface area (Å²) >= 11 is 0. The van der Waals surface area contributed by atoms with Crippen LogP contribution in [-0.4, -0.2) is 30.3 Å². The molecule has 0 fully saturated rings. The molecule has 6 heteroatoms. The molecule has 128 valence electrons. The van der Waals surface area contributed by atoms with Gasteiger partial charge in [-0.1, -0.05) is 30.3 Å². The summed E-state index contributed by atoms with van der Waals surface area (Å²) < 4.78 is 10.3. The van der Waals surface area contributed by atoms with E-state index in [0.29, 0.717) is 19.4 Å². The van der Waals surface area contributed by atoms with E-state index in [1.54, 1.807) is 0 Å². The number of quaternary nitrogens is 1. The third kappa shape index (κ3) is 8.83. The molecule has 0 radical (unpaired) electrons. The summed E-state index contributed by atoms with van der Waals surface area (Å²) in [4.78, 5) is 23.3. The van der Waals surface area contributed by atoms with Gasteiger partial charge in [-0.05, 0) is 32.8 Å². The van der Waals surface area contributed by atoms with Gasteiger partial charge >= 0.3 is 12.1 Å². The first-order chi connectivity index (χ1) is 10.8. The van der Waals surface area contributed by atoms with E-state index in [-0.39, 0.29) is 12.6 Å². The maximum absolute atomic E-state index is 11.7. The summed E-state index contributed by atoms with van der Waals surface area (Å²) in [5, 5.41) is 2.65. The smallest absolute Gasteiger partial charge is 0.407 e. The zero-order valence-corrected chi connectivity index (χ0v) is 14.1. The van der Waals surface area contributed by atoms with Gasteiger partial charge in [-0.25, -0.2) is 9.59 Å². The highest BCUT2D eigenvalue weighted by Gasteiger charge is 2.24. The molecule has 0 aliphatic rings. The summed E-state index contributed by atoms with van der Waals surface area (Å²) in [5.41, 5.74) is 4.22. The van der Waals surface area contributed by atoms with Gasteiger partial charge in [0.05, 0.1) is 0 Å². The molecule has 0 aliphatic carbocycles. The van der Waals surface area contributed by atoms with Crippen LogP contribution >= 0.6 is 0 Å². The van der Waals surface area contributed by atoms with E-state index in [9.17, 15) is 9.59 Å². The SMILES string of the molecule is CC(C)(C)OC(=O)[C@@H]([NH3+])CCCNC(=O)OCc1ccccc1. The van der Waals surface area contributed by atoms with Crippen molar-refractivity contribution < 1.29 is 24.8 Å². The van der Waals surface area contributed by atoms with Crippen molar-refractivity contribution in [2.45, 2.75) is 51.9 Å². The van der Waals surface area contributed by atoms with E-state index in [2.05, 4.69) is 11.1 Å². The molecule has 0 heterocycles. The van der Waals surface area contributed by atoms with Crippen LogP contribution in [0.3, 0.4) is 0 Å². The molecular formula is C17H27N2O4+. The largest absolute Gasteiger partial charge is 0.456 e. The van der Waals surface area contributed by atoms with Gasteiger partial charge in [-0.3, -0.25) is 0 Å². The predicted molar refractivity (Wildman–Crippen MR) is 86.4 cm³/mol. The monoisotopic (exact) mass is 323 g/mol. The number of carbonyl (C=O) groups excluding carboxylic acids is 2. The number of hydrogen-bond acceptors (Lipinski definition) is 4. The lowest BCUT2D eigenvalue weighted by Crippen LogP contribution is -2.66. The van der Waals surface area contributed by atoms with Gasteiger partial charge in [0.25, 0.3) is 0 Å². The quantitative estimate of drug-likeness (QED) is 0.589. The Morgan fingerprint density at radius 3 is 2.48 bits per heavy atom. The summed E-state index contributed by atoms with van der Waals surface area (Å²) in [5.74, 6) is -0.316. The van der Waals surface area contributed by atoms with Gasteiger partial charge < -0.3 is 20.5 Å². The first-order valence-electron chi connectivity index (χ1n) is 7.78. The first-order valence-corrected chi connectivity index (χ1v) is 7.78. The van der Waals surface area contributed by atoms with Crippen LogP contribution in [-0.2, 0) is 20.9 Å². The van der Waals surface area contributed by atoms with E-state index in [1.165, 1.54) is 0 Å². The molecule has 1 amide bonds. The lowest BCUT2D eigenvalue weighted by molar-refractivity contribution is -0.411. The molecule has 6 nitrogen and oxygen atoms in total. The molecule has 1 atom stereocenters. The summed E-state index contributed by atoms with van der Waals surface area (Å²) in [7, 11) is 0. The molecule has 0 saturated heterocycles. The van der Waals surface area contributed by atoms with E-state index in [1.807, 2.05) is 51.1 Å². The van der Waals surface area contributed by atoms with Crippen LogP contribution < -0.4 is 11.1 Å². The molecule has 1 aromatic carbocycles. The van der Waals surface area contributed by atoms with Gasteiger partial charge in [-0.2, -0.15) is 0 Å². The Hall–Kier alpha value is -2.08. The van der Waals surface area contributed by atoms with Crippen molar-refractivity contribution in [3.8, 4) is 0 Å². The minimum absolute atomic E-state index is 0.239. The van der Waals surface area contributed by atoms with Gasteiger partial charge in [0.2, 0.25) is 0 Å². The van der Waals surface area contributed by atoms with Gasteiger partial charge in [0.15, 0.2) is 6.04 Å². The third-order valence-corrected chi connectivity index (χ3v) is 2.95. The number of amides is 1. The van der Waals surface area contributed by atoms with Crippen molar-refractivity contribution in [3.05, 3.63) is 35.9 Å². The van der Waals surface area contributed by atoms with Crippen molar-refractivity contribution in [2.75, 3.05) is 6.54 Å². The molecule has 0 aromatic heterocycles. The van der Waals surface area contributed by atoms with Gasteiger partial charge in [0, 0.05) is 13.0 Å². The van der Waals surface area contributed by atoms with Crippen LogP contribution in [0, 0.1) is 0 Å². The third-order valence-electron chi connectivity index (χ3n) is 2.95. The highest BCUT2D eigenvalue weighted by Crippen LogP contribution is 2.08. The second kappa shape index (κ2) is 9.15. The van der Waals surface area contributed by atoms with Crippen LogP contribution in [0.15, 0.2) is 30.3 Å². The lowest BCUT2D eigenvalue weighted by Gasteiger charge is -2.20. The molecule has 0 bridgehead atoms. The molecule has 23 heavy (non-hydrogen) atoms. The van der Waals surface area contributed by atoms with Crippen LogP contribution in [0.1, 0.15) is 39.2 Å². The maximum atomic E-state index is 11.7. The molecule has 1 rings (SSSR count). The summed E-state index contributed by atoms with van der Waals surface area (Å²) in [6.45, 7) is 6.14. The average Bonchev–Trinajstić information content (AvgIpc) is 2.48. The van der Waals surface area contributed by atoms with Crippen molar-refractivity contribution in [1.29, 1.82) is 0 Å². The Kier molecular flexibility index (Phi) is 7.54. The number of hydrogen-bond donors (Lipinski definition) is 2.